The smallest absolute Gasteiger partial charge is 0.0781 e. The van der Waals surface area contributed by atoms with Gasteiger partial charge in [0.1, 0.15) is 0 Å². The number of benzene rings is 2. The number of aromatic nitrogens is 1. The molecule has 3 heteroatoms. The van der Waals surface area contributed by atoms with E-state index in [1.807, 2.05) is 6.07 Å². The molecule has 4 rings (SSSR count). The van der Waals surface area contributed by atoms with Crippen LogP contribution >= 0.6 is 11.8 Å². The van der Waals surface area contributed by atoms with E-state index >= 15 is 0 Å². The van der Waals surface area contributed by atoms with Crippen LogP contribution in [0.25, 0.3) is 22.2 Å². The quantitative estimate of drug-likeness (QED) is 0.629. The summed E-state index contributed by atoms with van der Waals surface area (Å²) in [7, 11) is 0. The average molecular weight is 278 g/mol. The van der Waals surface area contributed by atoms with Gasteiger partial charge in [0.2, 0.25) is 0 Å². The molecule has 1 N–H and O–H groups in total. The number of H-pyrrole nitrogens is 1. The van der Waals surface area contributed by atoms with Gasteiger partial charge in [0.05, 0.1) is 16.4 Å². The predicted octanol–water partition coefficient (Wildman–Crippen LogP) is 4.78. The standard InChI is InChI=1S/C17H14N2S/c1-20-16-10-13-11-6-2-4-8-14(11)19-17(13)12-7-3-5-9-15(12)18-16/h2-9,19H,10H2,1H3. The van der Waals surface area contributed by atoms with Gasteiger partial charge in [-0.3, -0.25) is 0 Å². The topological polar surface area (TPSA) is 28.1 Å². The van der Waals surface area contributed by atoms with Crippen LogP contribution in [-0.4, -0.2) is 16.3 Å². The minimum absolute atomic E-state index is 0.898. The van der Waals surface area contributed by atoms with Crippen molar-refractivity contribution in [1.29, 1.82) is 0 Å². The Morgan fingerprint density at radius 3 is 2.75 bits per heavy atom. The summed E-state index contributed by atoms with van der Waals surface area (Å²) in [6, 6.07) is 16.9. The summed E-state index contributed by atoms with van der Waals surface area (Å²) in [5.41, 5.74) is 6.04. The van der Waals surface area contributed by atoms with Crippen LogP contribution < -0.4 is 0 Å². The number of hydrogen-bond donors (Lipinski definition) is 1. The third kappa shape index (κ3) is 1.70. The summed E-state index contributed by atoms with van der Waals surface area (Å²) in [6.45, 7) is 0. The van der Waals surface area contributed by atoms with Gasteiger partial charge in [0.25, 0.3) is 0 Å². The van der Waals surface area contributed by atoms with Crippen molar-refractivity contribution in [1.82, 2.24) is 4.98 Å². The first-order chi connectivity index (χ1) is 9.86. The Kier molecular flexibility index (Phi) is 2.67. The van der Waals surface area contributed by atoms with Gasteiger partial charge in [-0.15, -0.1) is 11.8 Å². The number of para-hydroxylation sites is 2. The van der Waals surface area contributed by atoms with E-state index in [0.29, 0.717) is 0 Å². The highest BCUT2D eigenvalue weighted by atomic mass is 32.2. The number of aromatic amines is 1. The molecule has 0 amide bonds. The van der Waals surface area contributed by atoms with Crippen molar-refractivity contribution in [3.8, 4) is 11.3 Å². The molecule has 1 aromatic heterocycles. The zero-order valence-corrected chi connectivity index (χ0v) is 12.0. The SMILES string of the molecule is CSC1=Nc2ccccc2-c2[nH]c3ccccc3c2C1. The van der Waals surface area contributed by atoms with E-state index in [2.05, 4.69) is 53.7 Å². The third-order valence-corrected chi connectivity index (χ3v) is 4.50. The first kappa shape index (κ1) is 11.8. The monoisotopic (exact) mass is 278 g/mol. The van der Waals surface area contributed by atoms with Crippen LogP contribution in [0.2, 0.25) is 0 Å². The average Bonchev–Trinajstić information content (AvgIpc) is 2.77. The van der Waals surface area contributed by atoms with Gasteiger partial charge < -0.3 is 4.98 Å². The van der Waals surface area contributed by atoms with Crippen LogP contribution in [0.15, 0.2) is 53.5 Å². The van der Waals surface area contributed by atoms with E-state index in [1.165, 1.54) is 32.8 Å². The molecule has 0 saturated carbocycles. The number of rotatable bonds is 0. The van der Waals surface area contributed by atoms with Gasteiger partial charge >= 0.3 is 0 Å². The highest BCUT2D eigenvalue weighted by molar-refractivity contribution is 8.13. The van der Waals surface area contributed by atoms with Crippen molar-refractivity contribution in [2.75, 3.05) is 6.26 Å². The molecule has 0 aliphatic carbocycles. The molecule has 0 radical (unpaired) electrons. The molecule has 1 aliphatic rings. The summed E-state index contributed by atoms with van der Waals surface area (Å²) in [6.07, 6.45) is 3.00. The van der Waals surface area contributed by atoms with E-state index in [1.54, 1.807) is 11.8 Å². The van der Waals surface area contributed by atoms with Gasteiger partial charge in [-0.2, -0.15) is 0 Å². The second-order valence-electron chi connectivity index (χ2n) is 4.93. The fourth-order valence-corrected chi connectivity index (χ4v) is 3.32. The molecule has 2 nitrogen and oxygen atoms in total. The maximum absolute atomic E-state index is 4.81. The number of nitrogens with one attached hydrogen (secondary N) is 1. The van der Waals surface area contributed by atoms with Crippen molar-refractivity contribution >= 4 is 33.4 Å². The van der Waals surface area contributed by atoms with Gasteiger partial charge in [-0.25, -0.2) is 4.99 Å². The molecule has 0 spiro atoms. The van der Waals surface area contributed by atoms with Crippen LogP contribution in [0.5, 0.6) is 0 Å². The van der Waals surface area contributed by atoms with Crippen LogP contribution in [0.1, 0.15) is 5.56 Å². The van der Waals surface area contributed by atoms with Gasteiger partial charge in [0, 0.05) is 22.9 Å². The lowest BCUT2D eigenvalue weighted by molar-refractivity contribution is 1.37. The fraction of sp³-hybridized carbons (Fsp3) is 0.118. The van der Waals surface area contributed by atoms with Gasteiger partial charge in [-0.05, 0) is 24.0 Å². The van der Waals surface area contributed by atoms with Crippen molar-refractivity contribution < 1.29 is 0 Å². The number of aliphatic imine (C=N–C) groups is 1. The Balaban J connectivity index is 2.09. The molecular formula is C17H14N2S. The second-order valence-corrected chi connectivity index (χ2v) is 5.81. The molecule has 20 heavy (non-hydrogen) atoms. The summed E-state index contributed by atoms with van der Waals surface area (Å²) < 4.78 is 0. The highest BCUT2D eigenvalue weighted by Crippen LogP contribution is 2.39. The Morgan fingerprint density at radius 1 is 1.05 bits per heavy atom. The summed E-state index contributed by atoms with van der Waals surface area (Å²) in [5.74, 6) is 0. The first-order valence-electron chi connectivity index (χ1n) is 6.67. The molecule has 0 fully saturated rings. The third-order valence-electron chi connectivity index (χ3n) is 3.80. The normalized spacial score (nSPS) is 13.6. The van der Waals surface area contributed by atoms with E-state index < -0.39 is 0 Å². The Labute approximate surface area is 121 Å². The number of nitrogens with zero attached hydrogens (tertiary/aromatic N) is 1. The van der Waals surface area contributed by atoms with Gasteiger partial charge in [0.15, 0.2) is 0 Å². The highest BCUT2D eigenvalue weighted by Gasteiger charge is 2.20. The minimum Gasteiger partial charge on any atom is -0.354 e. The van der Waals surface area contributed by atoms with Crippen LogP contribution in [0, 0.1) is 0 Å². The van der Waals surface area contributed by atoms with Crippen LogP contribution in [-0.2, 0) is 6.42 Å². The zero-order chi connectivity index (χ0) is 13.5. The molecule has 0 unspecified atom stereocenters. The number of thioether (sulfide) groups is 1. The molecular weight excluding hydrogens is 264 g/mol. The molecule has 3 aromatic rings. The summed E-state index contributed by atoms with van der Waals surface area (Å²) in [5, 5.41) is 2.47. The van der Waals surface area contributed by atoms with Crippen molar-refractivity contribution in [3.05, 3.63) is 54.1 Å². The zero-order valence-electron chi connectivity index (χ0n) is 11.2. The van der Waals surface area contributed by atoms with E-state index in [9.17, 15) is 0 Å². The molecule has 0 atom stereocenters. The first-order valence-corrected chi connectivity index (χ1v) is 7.90. The lowest BCUT2D eigenvalue weighted by Gasteiger charge is -2.02. The minimum atomic E-state index is 0.898. The lowest BCUT2D eigenvalue weighted by atomic mass is 10.0. The largest absolute Gasteiger partial charge is 0.354 e. The maximum Gasteiger partial charge on any atom is 0.0781 e. The van der Waals surface area contributed by atoms with E-state index in [-0.39, 0.29) is 0 Å². The molecule has 0 bridgehead atoms. The van der Waals surface area contributed by atoms with E-state index in [0.717, 1.165) is 12.1 Å². The van der Waals surface area contributed by atoms with Crippen LogP contribution in [0.3, 0.4) is 0 Å². The molecule has 2 aromatic carbocycles. The Hall–Kier alpha value is -2.00. The predicted molar refractivity (Wildman–Crippen MR) is 88.0 cm³/mol. The van der Waals surface area contributed by atoms with Crippen molar-refractivity contribution in [3.63, 3.8) is 0 Å². The van der Waals surface area contributed by atoms with Gasteiger partial charge in [-0.1, -0.05) is 36.4 Å². The molecule has 2 heterocycles. The second kappa shape index (κ2) is 4.53. The summed E-state index contributed by atoms with van der Waals surface area (Å²) >= 11 is 1.73. The fourth-order valence-electron chi connectivity index (χ4n) is 2.84. The Morgan fingerprint density at radius 2 is 1.85 bits per heavy atom. The number of hydrogen-bond acceptors (Lipinski definition) is 2. The summed E-state index contributed by atoms with van der Waals surface area (Å²) in [4.78, 5) is 8.39. The molecule has 0 saturated heterocycles. The van der Waals surface area contributed by atoms with E-state index in [4.69, 9.17) is 4.99 Å². The maximum atomic E-state index is 4.81. The molecule has 1 aliphatic heterocycles. The lowest BCUT2D eigenvalue weighted by Crippen LogP contribution is -1.95. The molecule has 98 valence electrons. The van der Waals surface area contributed by atoms with Crippen LogP contribution in [0.4, 0.5) is 5.69 Å². The van der Waals surface area contributed by atoms with Crippen molar-refractivity contribution in [2.45, 2.75) is 6.42 Å². The number of fused-ring (bicyclic) bond motifs is 5. The van der Waals surface area contributed by atoms with Crippen molar-refractivity contribution in [2.24, 2.45) is 4.99 Å². The Bertz CT molecular complexity index is 830.